The van der Waals surface area contributed by atoms with Gasteiger partial charge in [0.15, 0.2) is 0 Å². The van der Waals surface area contributed by atoms with Gasteiger partial charge < -0.3 is 5.32 Å². The Morgan fingerprint density at radius 1 is 1.17 bits per heavy atom. The summed E-state index contributed by atoms with van der Waals surface area (Å²) in [7, 11) is -7.62. The fourth-order valence-corrected chi connectivity index (χ4v) is 3.39. The Labute approximate surface area is 105 Å². The summed E-state index contributed by atoms with van der Waals surface area (Å²) in [5, 5.41) is 7.88. The predicted molar refractivity (Wildman–Crippen MR) is 64.8 cm³/mol. The quantitative estimate of drug-likeness (QED) is 0.629. The topological polar surface area (TPSA) is 118 Å². The van der Waals surface area contributed by atoms with E-state index in [1.807, 2.05) is 0 Å². The van der Waals surface area contributed by atoms with E-state index in [4.69, 9.17) is 5.14 Å². The first-order valence-corrected chi connectivity index (χ1v) is 8.18. The van der Waals surface area contributed by atoms with Gasteiger partial charge in [-0.3, -0.25) is 0 Å². The Kier molecular flexibility index (Phi) is 3.43. The van der Waals surface area contributed by atoms with E-state index in [9.17, 15) is 16.8 Å². The van der Waals surface area contributed by atoms with Crippen molar-refractivity contribution in [3.63, 3.8) is 0 Å². The van der Waals surface area contributed by atoms with Crippen molar-refractivity contribution in [3.8, 4) is 0 Å². The number of benzene rings is 1. The van der Waals surface area contributed by atoms with Crippen molar-refractivity contribution in [2.45, 2.75) is 15.8 Å². The van der Waals surface area contributed by atoms with Crippen LogP contribution in [0.4, 0.5) is 0 Å². The van der Waals surface area contributed by atoms with Crippen LogP contribution in [0, 0.1) is 0 Å². The van der Waals surface area contributed by atoms with Gasteiger partial charge in [0.25, 0.3) is 0 Å². The highest BCUT2D eigenvalue weighted by atomic mass is 32.2. The lowest BCUT2D eigenvalue weighted by atomic mass is 10.2. The Hall–Kier alpha value is -1.00. The third-order valence-corrected chi connectivity index (χ3v) is 4.98. The Balaban J connectivity index is 2.32. The summed E-state index contributed by atoms with van der Waals surface area (Å²) >= 11 is 0. The maximum atomic E-state index is 11.9. The maximum Gasteiger partial charge on any atom is 0.240 e. The van der Waals surface area contributed by atoms with Crippen molar-refractivity contribution in [2.24, 2.45) is 5.14 Å². The molecule has 9 heteroatoms. The van der Waals surface area contributed by atoms with Crippen molar-refractivity contribution >= 4 is 20.0 Å². The molecule has 7 nitrogen and oxygen atoms in total. The molecule has 0 unspecified atom stereocenters. The average Bonchev–Trinajstić information content (AvgIpc) is 2.23. The minimum atomic E-state index is -3.91. The highest BCUT2D eigenvalue weighted by molar-refractivity contribution is 7.90. The minimum Gasteiger partial charge on any atom is -0.313 e. The molecule has 0 amide bonds. The second kappa shape index (κ2) is 4.59. The van der Waals surface area contributed by atoms with Gasteiger partial charge >= 0.3 is 0 Å². The van der Waals surface area contributed by atoms with Crippen LogP contribution in [0.1, 0.15) is 0 Å². The Morgan fingerprint density at radius 2 is 1.78 bits per heavy atom. The lowest BCUT2D eigenvalue weighted by molar-refractivity contribution is 0.410. The first-order valence-electron chi connectivity index (χ1n) is 5.15. The normalized spacial score (nSPS) is 17.4. The van der Waals surface area contributed by atoms with Gasteiger partial charge in [-0.15, -0.1) is 0 Å². The van der Waals surface area contributed by atoms with Crippen molar-refractivity contribution in [3.05, 3.63) is 24.3 Å². The molecule has 1 aliphatic rings. The Morgan fingerprint density at radius 3 is 2.28 bits per heavy atom. The molecule has 0 aromatic heterocycles. The van der Waals surface area contributed by atoms with Gasteiger partial charge in [0, 0.05) is 19.1 Å². The molecule has 0 saturated carbocycles. The summed E-state index contributed by atoms with van der Waals surface area (Å²) in [6.45, 7) is 1.13. The highest BCUT2D eigenvalue weighted by Crippen LogP contribution is 2.15. The monoisotopic (exact) mass is 291 g/mol. The predicted octanol–water partition coefficient (Wildman–Crippen LogP) is -1.42. The first kappa shape index (κ1) is 13.4. The standard InChI is InChI=1S/C9H13N3O4S2/c10-17(13,14)8-2-1-3-9(4-8)18(15,16)12-7-5-11-6-7/h1-4,7,11-12H,5-6H2,(H2,10,13,14). The van der Waals surface area contributed by atoms with Crippen LogP contribution >= 0.6 is 0 Å². The van der Waals surface area contributed by atoms with E-state index >= 15 is 0 Å². The van der Waals surface area contributed by atoms with Crippen molar-refractivity contribution in [2.75, 3.05) is 13.1 Å². The molecule has 4 N–H and O–H groups in total. The summed E-state index contributed by atoms with van der Waals surface area (Å²) < 4.78 is 48.7. The van der Waals surface area contributed by atoms with Crippen LogP contribution in [-0.4, -0.2) is 36.0 Å². The van der Waals surface area contributed by atoms with E-state index in [0.29, 0.717) is 13.1 Å². The van der Waals surface area contributed by atoms with Crippen molar-refractivity contribution in [1.82, 2.24) is 10.0 Å². The van der Waals surface area contributed by atoms with E-state index < -0.39 is 20.0 Å². The number of primary sulfonamides is 1. The second-order valence-corrected chi connectivity index (χ2v) is 7.27. The molecule has 0 aliphatic carbocycles. The Bertz CT molecular complexity index is 650. The minimum absolute atomic E-state index is 0.110. The third-order valence-electron chi connectivity index (χ3n) is 2.55. The summed E-state index contributed by atoms with van der Waals surface area (Å²) in [5.74, 6) is 0. The zero-order chi connectivity index (χ0) is 13.4. The molecule has 0 spiro atoms. The number of sulfonamides is 2. The van der Waals surface area contributed by atoms with Crippen LogP contribution in [0.3, 0.4) is 0 Å². The van der Waals surface area contributed by atoms with Crippen LogP contribution in [0.2, 0.25) is 0 Å². The number of nitrogens with one attached hydrogen (secondary N) is 2. The molecule has 1 aromatic carbocycles. The number of nitrogens with two attached hydrogens (primary N) is 1. The van der Waals surface area contributed by atoms with Gasteiger partial charge in [-0.05, 0) is 18.2 Å². The summed E-state index contributed by atoms with van der Waals surface area (Å²) in [6, 6.07) is 4.80. The second-order valence-electron chi connectivity index (χ2n) is 4.00. The largest absolute Gasteiger partial charge is 0.313 e. The van der Waals surface area contributed by atoms with Gasteiger partial charge in [0.05, 0.1) is 9.79 Å². The van der Waals surface area contributed by atoms with Gasteiger partial charge in [-0.25, -0.2) is 26.7 Å². The van der Waals surface area contributed by atoms with Crippen LogP contribution in [0.5, 0.6) is 0 Å². The number of hydrogen-bond acceptors (Lipinski definition) is 5. The summed E-state index contributed by atoms with van der Waals surface area (Å²) in [6.07, 6.45) is 0. The molecular formula is C9H13N3O4S2. The lowest BCUT2D eigenvalue weighted by Gasteiger charge is -2.27. The smallest absolute Gasteiger partial charge is 0.240 e. The molecule has 0 bridgehead atoms. The fourth-order valence-electron chi connectivity index (χ4n) is 1.48. The van der Waals surface area contributed by atoms with Gasteiger partial charge in [-0.2, -0.15) is 0 Å². The van der Waals surface area contributed by atoms with Crippen LogP contribution in [0.25, 0.3) is 0 Å². The molecule has 0 atom stereocenters. The van der Waals surface area contributed by atoms with Gasteiger partial charge in [0.1, 0.15) is 0 Å². The molecule has 1 aromatic rings. The number of hydrogen-bond donors (Lipinski definition) is 3. The molecule has 2 rings (SSSR count). The average molecular weight is 291 g/mol. The molecule has 1 saturated heterocycles. The molecule has 18 heavy (non-hydrogen) atoms. The molecule has 1 aliphatic heterocycles. The maximum absolute atomic E-state index is 11.9. The lowest BCUT2D eigenvalue weighted by Crippen LogP contribution is -2.56. The zero-order valence-electron chi connectivity index (χ0n) is 9.33. The van der Waals surface area contributed by atoms with E-state index in [0.717, 1.165) is 6.07 Å². The molecular weight excluding hydrogens is 278 g/mol. The molecule has 100 valence electrons. The van der Waals surface area contributed by atoms with Crippen molar-refractivity contribution < 1.29 is 16.8 Å². The van der Waals surface area contributed by atoms with Gasteiger partial charge in [-0.1, -0.05) is 6.07 Å². The van der Waals surface area contributed by atoms with E-state index in [1.54, 1.807) is 0 Å². The van der Waals surface area contributed by atoms with E-state index in [1.165, 1.54) is 18.2 Å². The van der Waals surface area contributed by atoms with Crippen LogP contribution < -0.4 is 15.2 Å². The summed E-state index contributed by atoms with van der Waals surface area (Å²) in [4.78, 5) is -0.335. The summed E-state index contributed by atoms with van der Waals surface area (Å²) in [5.41, 5.74) is 0. The third kappa shape index (κ3) is 2.87. The van der Waals surface area contributed by atoms with Gasteiger partial charge in [0.2, 0.25) is 20.0 Å². The SMILES string of the molecule is NS(=O)(=O)c1cccc(S(=O)(=O)NC2CNC2)c1. The van der Waals surface area contributed by atoms with Crippen LogP contribution in [0.15, 0.2) is 34.1 Å². The zero-order valence-corrected chi connectivity index (χ0v) is 11.0. The van der Waals surface area contributed by atoms with E-state index in [2.05, 4.69) is 10.0 Å². The fraction of sp³-hybridized carbons (Fsp3) is 0.333. The molecule has 0 radical (unpaired) electrons. The molecule has 1 heterocycles. The molecule has 1 fully saturated rings. The van der Waals surface area contributed by atoms with Crippen LogP contribution in [-0.2, 0) is 20.0 Å². The van der Waals surface area contributed by atoms with Crippen molar-refractivity contribution in [1.29, 1.82) is 0 Å². The number of rotatable bonds is 4. The first-order chi connectivity index (χ1) is 8.29. The highest BCUT2D eigenvalue weighted by Gasteiger charge is 2.25. The van der Waals surface area contributed by atoms with E-state index in [-0.39, 0.29) is 15.8 Å².